The van der Waals surface area contributed by atoms with E-state index < -0.39 is 0 Å². The fourth-order valence-corrected chi connectivity index (χ4v) is 1.58. The van der Waals surface area contributed by atoms with Gasteiger partial charge in [-0.05, 0) is 18.8 Å². The van der Waals surface area contributed by atoms with E-state index >= 15 is 0 Å². The standard InChI is InChI=1S/C10H21BrO2/c1-9(2)7-13-6-4-5-10(11)8-12-3/h9-10H,4-8H2,1-3H3. The molecule has 0 spiro atoms. The Morgan fingerprint density at radius 3 is 2.46 bits per heavy atom. The minimum atomic E-state index is 0.472. The summed E-state index contributed by atoms with van der Waals surface area (Å²) < 4.78 is 10.5. The number of hydrogen-bond acceptors (Lipinski definition) is 2. The molecule has 2 nitrogen and oxygen atoms in total. The van der Waals surface area contributed by atoms with Crippen LogP contribution in [0.5, 0.6) is 0 Å². The van der Waals surface area contributed by atoms with Gasteiger partial charge in [0.15, 0.2) is 0 Å². The van der Waals surface area contributed by atoms with E-state index in [1.165, 1.54) is 0 Å². The van der Waals surface area contributed by atoms with Gasteiger partial charge in [0.05, 0.1) is 6.61 Å². The maximum atomic E-state index is 5.46. The van der Waals surface area contributed by atoms with E-state index in [-0.39, 0.29) is 0 Å². The predicted molar refractivity (Wildman–Crippen MR) is 59.5 cm³/mol. The molecule has 0 saturated heterocycles. The number of rotatable bonds is 8. The molecule has 0 heterocycles. The Bertz CT molecular complexity index is 107. The normalized spacial score (nSPS) is 13.6. The van der Waals surface area contributed by atoms with Gasteiger partial charge in [-0.1, -0.05) is 29.8 Å². The molecule has 0 fully saturated rings. The molecule has 1 atom stereocenters. The third-order valence-electron chi connectivity index (χ3n) is 1.60. The first-order chi connectivity index (χ1) is 6.16. The van der Waals surface area contributed by atoms with Gasteiger partial charge in [-0.3, -0.25) is 0 Å². The summed E-state index contributed by atoms with van der Waals surface area (Å²) in [5, 5.41) is 0. The summed E-state index contributed by atoms with van der Waals surface area (Å²) in [6.45, 7) is 6.85. The van der Waals surface area contributed by atoms with Crippen molar-refractivity contribution in [3.8, 4) is 0 Å². The SMILES string of the molecule is COCC(Br)CCCOCC(C)C. The van der Waals surface area contributed by atoms with Crippen LogP contribution in [0.2, 0.25) is 0 Å². The van der Waals surface area contributed by atoms with Gasteiger partial charge >= 0.3 is 0 Å². The second kappa shape index (κ2) is 8.97. The van der Waals surface area contributed by atoms with E-state index in [1.54, 1.807) is 7.11 Å². The van der Waals surface area contributed by atoms with Crippen molar-refractivity contribution >= 4 is 15.9 Å². The summed E-state index contributed by atoms with van der Waals surface area (Å²) in [4.78, 5) is 0.472. The van der Waals surface area contributed by atoms with E-state index in [2.05, 4.69) is 29.8 Å². The van der Waals surface area contributed by atoms with Gasteiger partial charge in [0.25, 0.3) is 0 Å². The lowest BCUT2D eigenvalue weighted by Crippen LogP contribution is -2.09. The smallest absolute Gasteiger partial charge is 0.0587 e. The predicted octanol–water partition coefficient (Wildman–Crippen LogP) is 2.85. The Kier molecular flexibility index (Phi) is 9.25. The van der Waals surface area contributed by atoms with Gasteiger partial charge in [-0.2, -0.15) is 0 Å². The van der Waals surface area contributed by atoms with Crippen molar-refractivity contribution in [2.45, 2.75) is 31.5 Å². The molecule has 0 saturated carbocycles. The minimum absolute atomic E-state index is 0.472. The van der Waals surface area contributed by atoms with Crippen LogP contribution in [0.25, 0.3) is 0 Å². The molecular formula is C10H21BrO2. The molecule has 1 unspecified atom stereocenters. The van der Waals surface area contributed by atoms with Gasteiger partial charge in [-0.15, -0.1) is 0 Å². The molecule has 0 aliphatic heterocycles. The third-order valence-corrected chi connectivity index (χ3v) is 2.33. The molecule has 3 heteroatoms. The molecule has 0 aliphatic carbocycles. The highest BCUT2D eigenvalue weighted by molar-refractivity contribution is 9.09. The molecule has 0 amide bonds. The number of halogens is 1. The van der Waals surface area contributed by atoms with E-state index in [4.69, 9.17) is 9.47 Å². The summed E-state index contributed by atoms with van der Waals surface area (Å²) in [7, 11) is 1.73. The Balaban J connectivity index is 3.06. The second-order valence-corrected chi connectivity index (χ2v) is 4.96. The number of methoxy groups -OCH3 is 1. The zero-order chi connectivity index (χ0) is 10.1. The second-order valence-electron chi connectivity index (χ2n) is 3.66. The van der Waals surface area contributed by atoms with Crippen LogP contribution in [-0.2, 0) is 9.47 Å². The van der Waals surface area contributed by atoms with Crippen molar-refractivity contribution in [3.63, 3.8) is 0 Å². The minimum Gasteiger partial charge on any atom is -0.384 e. The topological polar surface area (TPSA) is 18.5 Å². The van der Waals surface area contributed by atoms with Crippen molar-refractivity contribution < 1.29 is 9.47 Å². The van der Waals surface area contributed by atoms with Gasteiger partial charge in [0.1, 0.15) is 0 Å². The first-order valence-corrected chi connectivity index (χ1v) is 5.79. The van der Waals surface area contributed by atoms with Crippen LogP contribution in [0.15, 0.2) is 0 Å². The van der Waals surface area contributed by atoms with Crippen molar-refractivity contribution in [2.75, 3.05) is 26.9 Å². The Hall–Kier alpha value is 0.400. The fraction of sp³-hybridized carbons (Fsp3) is 1.00. The van der Waals surface area contributed by atoms with Crippen molar-refractivity contribution in [1.29, 1.82) is 0 Å². The third kappa shape index (κ3) is 10.3. The molecule has 0 bridgehead atoms. The zero-order valence-corrected chi connectivity index (χ0v) is 10.5. The quantitative estimate of drug-likeness (QED) is 0.489. The number of alkyl halides is 1. The van der Waals surface area contributed by atoms with E-state index in [0.717, 1.165) is 32.7 Å². The van der Waals surface area contributed by atoms with Gasteiger partial charge in [0, 0.05) is 25.2 Å². The van der Waals surface area contributed by atoms with Crippen LogP contribution >= 0.6 is 15.9 Å². The molecule has 0 aromatic heterocycles. The number of hydrogen-bond donors (Lipinski definition) is 0. The summed E-state index contributed by atoms with van der Waals surface area (Å²) in [5.74, 6) is 0.638. The lowest BCUT2D eigenvalue weighted by atomic mass is 10.2. The molecule has 0 aromatic carbocycles. The molecule has 0 rings (SSSR count). The molecule has 0 aromatic rings. The average molecular weight is 253 g/mol. The molecule has 13 heavy (non-hydrogen) atoms. The average Bonchev–Trinajstić information content (AvgIpc) is 2.03. The summed E-state index contributed by atoms with van der Waals surface area (Å²) in [5.41, 5.74) is 0. The highest BCUT2D eigenvalue weighted by Crippen LogP contribution is 2.08. The van der Waals surface area contributed by atoms with Crippen LogP contribution < -0.4 is 0 Å². The van der Waals surface area contributed by atoms with Crippen molar-refractivity contribution in [1.82, 2.24) is 0 Å². The molecule has 80 valence electrons. The monoisotopic (exact) mass is 252 g/mol. The molecule has 0 N–H and O–H groups in total. The van der Waals surface area contributed by atoms with Crippen LogP contribution in [0, 0.1) is 5.92 Å². The van der Waals surface area contributed by atoms with Crippen LogP contribution in [-0.4, -0.2) is 31.8 Å². The zero-order valence-electron chi connectivity index (χ0n) is 8.88. The summed E-state index contributed by atoms with van der Waals surface area (Å²) in [6, 6.07) is 0. The van der Waals surface area contributed by atoms with Gasteiger partial charge in [0.2, 0.25) is 0 Å². The van der Waals surface area contributed by atoms with E-state index in [0.29, 0.717) is 10.7 Å². The maximum Gasteiger partial charge on any atom is 0.0587 e. The highest BCUT2D eigenvalue weighted by atomic mass is 79.9. The van der Waals surface area contributed by atoms with Gasteiger partial charge < -0.3 is 9.47 Å². The first kappa shape index (κ1) is 13.4. The Morgan fingerprint density at radius 2 is 1.92 bits per heavy atom. The Labute approximate surface area is 90.1 Å². The van der Waals surface area contributed by atoms with Crippen LogP contribution in [0.1, 0.15) is 26.7 Å². The van der Waals surface area contributed by atoms with E-state index in [1.807, 2.05) is 0 Å². The fourth-order valence-electron chi connectivity index (χ4n) is 0.990. The summed E-state index contributed by atoms with van der Waals surface area (Å²) >= 11 is 3.54. The van der Waals surface area contributed by atoms with Crippen LogP contribution in [0.4, 0.5) is 0 Å². The van der Waals surface area contributed by atoms with Crippen molar-refractivity contribution in [2.24, 2.45) is 5.92 Å². The maximum absolute atomic E-state index is 5.46. The number of ether oxygens (including phenoxy) is 2. The summed E-state index contributed by atoms with van der Waals surface area (Å²) in [6.07, 6.45) is 2.22. The van der Waals surface area contributed by atoms with Crippen molar-refractivity contribution in [3.05, 3.63) is 0 Å². The Morgan fingerprint density at radius 1 is 1.23 bits per heavy atom. The lowest BCUT2D eigenvalue weighted by molar-refractivity contribution is 0.105. The molecular weight excluding hydrogens is 232 g/mol. The van der Waals surface area contributed by atoms with Crippen LogP contribution in [0.3, 0.4) is 0 Å². The molecule has 0 aliphatic rings. The molecule has 0 radical (unpaired) electrons. The van der Waals surface area contributed by atoms with Gasteiger partial charge in [-0.25, -0.2) is 0 Å². The van der Waals surface area contributed by atoms with E-state index in [9.17, 15) is 0 Å². The lowest BCUT2D eigenvalue weighted by Gasteiger charge is -2.09. The first-order valence-electron chi connectivity index (χ1n) is 4.87. The largest absolute Gasteiger partial charge is 0.384 e. The highest BCUT2D eigenvalue weighted by Gasteiger charge is 2.02.